The van der Waals surface area contributed by atoms with Gasteiger partial charge >= 0.3 is 5.97 Å². The molecule has 7 heteroatoms. The van der Waals surface area contributed by atoms with Gasteiger partial charge in [0.25, 0.3) is 0 Å². The quantitative estimate of drug-likeness (QED) is 0.256. The average molecular weight is 186 g/mol. The minimum atomic E-state index is -1.23. The van der Waals surface area contributed by atoms with Crippen molar-refractivity contribution in [2.24, 2.45) is 11.5 Å². The van der Waals surface area contributed by atoms with Crippen LogP contribution in [0.4, 0.5) is 0 Å². The van der Waals surface area contributed by atoms with Gasteiger partial charge in [0, 0.05) is 0 Å². The second-order valence-corrected chi connectivity index (χ2v) is 1.47. The molecule has 0 aliphatic heterocycles. The molecule has 6 nitrogen and oxygen atoms in total. The molecular weight excluding hydrogens is 174 g/mol. The molecule has 0 aromatic rings. The molecular formula is C4H12ClN3O3. The molecule has 0 fully saturated rings. The Bertz CT molecular complexity index is 124. The first-order chi connectivity index (χ1) is 4.37. The Kier molecular flexibility index (Phi) is 13.5. The molecule has 1 atom stereocenters. The fourth-order valence-electron chi connectivity index (χ4n) is 0. The predicted octanol–water partition coefficient (Wildman–Crippen LogP) is -1.29. The van der Waals surface area contributed by atoms with Crippen molar-refractivity contribution in [1.82, 2.24) is 0 Å². The van der Waals surface area contributed by atoms with E-state index >= 15 is 0 Å². The van der Waals surface area contributed by atoms with Gasteiger partial charge in [-0.05, 0) is 6.92 Å². The average Bonchev–Trinajstić information content (AvgIpc) is 1.63. The lowest BCUT2D eigenvalue weighted by Crippen LogP contribution is -2.20. The lowest BCUT2D eigenvalue weighted by atomic mass is 10.4. The Morgan fingerprint density at radius 2 is 1.64 bits per heavy atom. The van der Waals surface area contributed by atoms with Gasteiger partial charge in [0.15, 0.2) is 5.96 Å². The van der Waals surface area contributed by atoms with Gasteiger partial charge in [-0.1, -0.05) is 0 Å². The third-order valence-electron chi connectivity index (χ3n) is 0.357. The molecule has 1 unspecified atom stereocenters. The van der Waals surface area contributed by atoms with Crippen molar-refractivity contribution in [1.29, 1.82) is 5.41 Å². The third kappa shape index (κ3) is 49.1. The Hall–Kier alpha value is -1.01. The van der Waals surface area contributed by atoms with Crippen LogP contribution in [0.25, 0.3) is 0 Å². The maximum absolute atomic E-state index is 9.45. The molecule has 0 aromatic heterocycles. The van der Waals surface area contributed by atoms with Crippen LogP contribution in [-0.2, 0) is 4.79 Å². The number of aliphatic hydroxyl groups excluding tert-OH is 1. The molecule has 7 N–H and O–H groups in total. The monoisotopic (exact) mass is 185 g/mol. The van der Waals surface area contributed by atoms with Crippen LogP contribution in [0, 0.1) is 5.41 Å². The van der Waals surface area contributed by atoms with Crippen molar-refractivity contribution < 1.29 is 15.0 Å². The van der Waals surface area contributed by atoms with Gasteiger partial charge < -0.3 is 21.7 Å². The second kappa shape index (κ2) is 8.99. The van der Waals surface area contributed by atoms with Crippen LogP contribution in [-0.4, -0.2) is 28.2 Å². The molecule has 0 aliphatic rings. The highest BCUT2D eigenvalue weighted by molar-refractivity contribution is 5.85. The smallest absolute Gasteiger partial charge is 0.332 e. The highest BCUT2D eigenvalue weighted by atomic mass is 35.5. The summed E-state index contributed by atoms with van der Waals surface area (Å²) >= 11 is 0. The van der Waals surface area contributed by atoms with Crippen molar-refractivity contribution in [3.63, 3.8) is 0 Å². The summed E-state index contributed by atoms with van der Waals surface area (Å²) in [5, 5.41) is 21.8. The number of carboxylic acid groups (broad SMARTS) is 1. The zero-order chi connectivity index (χ0) is 8.73. The van der Waals surface area contributed by atoms with E-state index < -0.39 is 12.1 Å². The van der Waals surface area contributed by atoms with E-state index in [2.05, 4.69) is 11.5 Å². The predicted molar refractivity (Wildman–Crippen MR) is 42.7 cm³/mol. The van der Waals surface area contributed by atoms with Gasteiger partial charge in [-0.15, -0.1) is 12.4 Å². The summed E-state index contributed by atoms with van der Waals surface area (Å²) in [6, 6.07) is 0. The number of hydrogen-bond acceptors (Lipinski definition) is 3. The van der Waals surface area contributed by atoms with Crippen molar-refractivity contribution in [3.8, 4) is 0 Å². The Labute approximate surface area is 70.1 Å². The van der Waals surface area contributed by atoms with Crippen molar-refractivity contribution in [3.05, 3.63) is 0 Å². The highest BCUT2D eigenvalue weighted by Gasteiger charge is 2.01. The summed E-state index contributed by atoms with van der Waals surface area (Å²) in [4.78, 5) is 9.45. The highest BCUT2D eigenvalue weighted by Crippen LogP contribution is 1.73. The Morgan fingerprint density at radius 3 is 1.64 bits per heavy atom. The minimum absolute atomic E-state index is 0. The zero-order valence-electron chi connectivity index (χ0n) is 5.94. The Morgan fingerprint density at radius 1 is 1.55 bits per heavy atom. The molecule has 0 saturated heterocycles. The van der Waals surface area contributed by atoms with E-state index in [1.54, 1.807) is 0 Å². The van der Waals surface area contributed by atoms with Crippen molar-refractivity contribution in [2.75, 3.05) is 0 Å². The third-order valence-corrected chi connectivity index (χ3v) is 0.357. The van der Waals surface area contributed by atoms with Crippen molar-refractivity contribution in [2.45, 2.75) is 13.0 Å². The summed E-state index contributed by atoms with van der Waals surface area (Å²) in [5.41, 5.74) is 8.94. The minimum Gasteiger partial charge on any atom is -0.479 e. The number of rotatable bonds is 1. The number of nitrogens with one attached hydrogen (secondary N) is 1. The fourth-order valence-corrected chi connectivity index (χ4v) is 0. The van der Waals surface area contributed by atoms with Crippen LogP contribution < -0.4 is 11.5 Å². The topological polar surface area (TPSA) is 133 Å². The molecule has 0 bridgehead atoms. The van der Waals surface area contributed by atoms with Gasteiger partial charge in [0.1, 0.15) is 6.10 Å². The summed E-state index contributed by atoms with van der Waals surface area (Å²) in [6.07, 6.45) is -1.23. The van der Waals surface area contributed by atoms with E-state index in [-0.39, 0.29) is 18.4 Å². The standard InChI is InChI=1S/C3H6O3.CH5N3.ClH/c1-2(4)3(5)6;2-1(3)4;/h2,4H,1H3,(H,5,6);(H5,2,3,4);1H. The van der Waals surface area contributed by atoms with E-state index in [0.29, 0.717) is 0 Å². The van der Waals surface area contributed by atoms with Crippen LogP contribution >= 0.6 is 12.4 Å². The number of carbonyl (C=O) groups is 1. The molecule has 68 valence electrons. The summed E-state index contributed by atoms with van der Waals surface area (Å²) in [7, 11) is 0. The van der Waals surface area contributed by atoms with Gasteiger partial charge in [-0.2, -0.15) is 0 Å². The maximum Gasteiger partial charge on any atom is 0.332 e. The maximum atomic E-state index is 9.45. The summed E-state index contributed by atoms with van der Waals surface area (Å²) < 4.78 is 0. The largest absolute Gasteiger partial charge is 0.479 e. The zero-order valence-corrected chi connectivity index (χ0v) is 6.76. The van der Waals surface area contributed by atoms with Crippen LogP contribution in [0.5, 0.6) is 0 Å². The number of guanidine groups is 1. The molecule has 11 heavy (non-hydrogen) atoms. The number of nitrogens with two attached hydrogens (primary N) is 2. The number of hydrogen-bond donors (Lipinski definition) is 5. The van der Waals surface area contributed by atoms with E-state index in [1.165, 1.54) is 6.92 Å². The van der Waals surface area contributed by atoms with Crippen molar-refractivity contribution >= 4 is 24.3 Å². The number of aliphatic carboxylic acids is 1. The number of aliphatic hydroxyl groups is 1. The molecule has 0 rings (SSSR count). The lowest BCUT2D eigenvalue weighted by Gasteiger charge is -1.89. The lowest BCUT2D eigenvalue weighted by molar-refractivity contribution is -0.145. The second-order valence-electron chi connectivity index (χ2n) is 1.47. The van der Waals surface area contributed by atoms with Crippen LogP contribution in [0.1, 0.15) is 6.92 Å². The molecule has 0 spiro atoms. The molecule has 0 saturated carbocycles. The SMILES string of the molecule is CC(O)C(=O)O.Cl.N=C(N)N. The van der Waals surface area contributed by atoms with Gasteiger partial charge in [-0.3, -0.25) is 5.41 Å². The number of halogens is 1. The summed E-state index contributed by atoms with van der Waals surface area (Å²) in [6.45, 7) is 1.20. The van der Waals surface area contributed by atoms with E-state index in [0.717, 1.165) is 0 Å². The van der Waals surface area contributed by atoms with Gasteiger partial charge in [0.2, 0.25) is 0 Å². The molecule has 0 aromatic carbocycles. The van der Waals surface area contributed by atoms with E-state index in [4.69, 9.17) is 15.6 Å². The number of carboxylic acids is 1. The Balaban J connectivity index is -0.000000114. The van der Waals surface area contributed by atoms with Gasteiger partial charge in [-0.25, -0.2) is 4.79 Å². The normalized spacial score (nSPS) is 9.64. The van der Waals surface area contributed by atoms with E-state index in [9.17, 15) is 4.79 Å². The first-order valence-electron chi connectivity index (χ1n) is 2.38. The summed E-state index contributed by atoms with van der Waals surface area (Å²) in [5.74, 6) is -1.52. The van der Waals surface area contributed by atoms with Crippen LogP contribution in [0.2, 0.25) is 0 Å². The molecule has 0 radical (unpaired) electrons. The molecule has 0 heterocycles. The first-order valence-corrected chi connectivity index (χ1v) is 2.38. The van der Waals surface area contributed by atoms with Crippen LogP contribution in [0.3, 0.4) is 0 Å². The van der Waals surface area contributed by atoms with E-state index in [1.807, 2.05) is 0 Å². The first kappa shape index (κ1) is 16.5. The fraction of sp³-hybridized carbons (Fsp3) is 0.500. The van der Waals surface area contributed by atoms with Gasteiger partial charge in [0.05, 0.1) is 0 Å². The van der Waals surface area contributed by atoms with Crippen LogP contribution in [0.15, 0.2) is 0 Å². The molecule has 0 amide bonds. The molecule has 0 aliphatic carbocycles.